The maximum Gasteiger partial charge on any atom is 0.178 e. The van der Waals surface area contributed by atoms with Crippen LogP contribution >= 0.6 is 0 Å². The van der Waals surface area contributed by atoms with Gasteiger partial charge in [0.15, 0.2) is 5.75 Å². The molecule has 0 aliphatic heterocycles. The molecule has 0 spiro atoms. The topological polar surface area (TPSA) is 45.7 Å². The highest BCUT2D eigenvalue weighted by molar-refractivity contribution is 5.59. The van der Waals surface area contributed by atoms with E-state index >= 15 is 0 Å². The standard InChI is InChI=1S/C10H7N2O/c13-9-3-1-8(2-4-9)10-5-6-11-7-12-10/h1-7H. The van der Waals surface area contributed by atoms with Gasteiger partial charge in [0.1, 0.15) is 6.33 Å². The molecule has 13 heavy (non-hydrogen) atoms. The van der Waals surface area contributed by atoms with Crippen LogP contribution in [0.4, 0.5) is 0 Å². The summed E-state index contributed by atoms with van der Waals surface area (Å²) in [6, 6.07) is 8.37. The van der Waals surface area contributed by atoms with Gasteiger partial charge in [0.2, 0.25) is 0 Å². The van der Waals surface area contributed by atoms with Gasteiger partial charge in [0.25, 0.3) is 0 Å². The van der Waals surface area contributed by atoms with Gasteiger partial charge in [0.05, 0.1) is 5.69 Å². The zero-order valence-electron chi connectivity index (χ0n) is 6.84. The van der Waals surface area contributed by atoms with E-state index in [1.165, 1.54) is 18.5 Å². The number of hydrogen-bond donors (Lipinski definition) is 0. The van der Waals surface area contributed by atoms with E-state index in [4.69, 9.17) is 0 Å². The van der Waals surface area contributed by atoms with Gasteiger partial charge in [-0.15, -0.1) is 0 Å². The normalized spacial score (nSPS) is 9.85. The molecule has 0 bridgehead atoms. The van der Waals surface area contributed by atoms with Gasteiger partial charge in [-0.05, 0) is 30.3 Å². The van der Waals surface area contributed by atoms with Gasteiger partial charge < -0.3 is 0 Å². The third-order valence-corrected chi connectivity index (χ3v) is 1.73. The molecular weight excluding hydrogens is 164 g/mol. The van der Waals surface area contributed by atoms with Gasteiger partial charge >= 0.3 is 0 Å². The molecule has 0 amide bonds. The summed E-state index contributed by atoms with van der Waals surface area (Å²) in [5, 5.41) is 10.8. The van der Waals surface area contributed by atoms with Crippen molar-refractivity contribution >= 4 is 0 Å². The summed E-state index contributed by atoms with van der Waals surface area (Å²) < 4.78 is 0. The van der Waals surface area contributed by atoms with Crippen LogP contribution in [0.1, 0.15) is 0 Å². The molecule has 0 saturated carbocycles. The van der Waals surface area contributed by atoms with Crippen molar-refractivity contribution in [2.45, 2.75) is 0 Å². The Kier molecular flexibility index (Phi) is 1.92. The van der Waals surface area contributed by atoms with E-state index in [0.29, 0.717) is 0 Å². The highest BCUT2D eigenvalue weighted by Gasteiger charge is 1.97. The molecule has 1 aromatic heterocycles. The van der Waals surface area contributed by atoms with Crippen molar-refractivity contribution in [1.29, 1.82) is 0 Å². The van der Waals surface area contributed by atoms with Crippen molar-refractivity contribution in [1.82, 2.24) is 9.97 Å². The van der Waals surface area contributed by atoms with Crippen LogP contribution in [0.2, 0.25) is 0 Å². The number of rotatable bonds is 1. The Morgan fingerprint density at radius 1 is 1.00 bits per heavy atom. The molecule has 0 aliphatic carbocycles. The molecule has 3 nitrogen and oxygen atoms in total. The average Bonchev–Trinajstić information content (AvgIpc) is 2.20. The minimum Gasteiger partial charge on any atom is -0.290 e. The SMILES string of the molecule is [O]c1ccc(-c2ccncn2)cc1. The van der Waals surface area contributed by atoms with Crippen LogP contribution in [0.3, 0.4) is 0 Å². The maximum atomic E-state index is 10.8. The molecule has 1 radical (unpaired) electrons. The fourth-order valence-corrected chi connectivity index (χ4v) is 1.09. The first-order chi connectivity index (χ1) is 6.36. The van der Waals surface area contributed by atoms with Gasteiger partial charge in [-0.25, -0.2) is 9.97 Å². The average molecular weight is 171 g/mol. The number of nitrogens with zero attached hydrogens (tertiary/aromatic N) is 2. The second kappa shape index (κ2) is 3.23. The van der Waals surface area contributed by atoms with E-state index < -0.39 is 0 Å². The second-order valence-electron chi connectivity index (χ2n) is 2.62. The Balaban J connectivity index is 2.42. The van der Waals surface area contributed by atoms with Crippen molar-refractivity contribution in [2.24, 2.45) is 0 Å². The number of hydrogen-bond acceptors (Lipinski definition) is 2. The zero-order valence-corrected chi connectivity index (χ0v) is 6.84. The monoisotopic (exact) mass is 171 g/mol. The first-order valence-corrected chi connectivity index (χ1v) is 3.90. The highest BCUT2D eigenvalue weighted by atomic mass is 16.3. The second-order valence-corrected chi connectivity index (χ2v) is 2.62. The minimum absolute atomic E-state index is 0.0119. The van der Waals surface area contributed by atoms with Crippen molar-refractivity contribution < 1.29 is 5.11 Å². The molecule has 2 rings (SSSR count). The molecule has 63 valence electrons. The van der Waals surface area contributed by atoms with Crippen LogP contribution in [0.15, 0.2) is 42.9 Å². The van der Waals surface area contributed by atoms with E-state index in [1.54, 1.807) is 24.4 Å². The maximum absolute atomic E-state index is 10.8. The molecule has 0 fully saturated rings. The summed E-state index contributed by atoms with van der Waals surface area (Å²) >= 11 is 0. The number of aromatic nitrogens is 2. The lowest BCUT2D eigenvalue weighted by atomic mass is 10.1. The van der Waals surface area contributed by atoms with E-state index in [0.717, 1.165) is 11.3 Å². The predicted molar refractivity (Wildman–Crippen MR) is 47.6 cm³/mol. The molecule has 3 heteroatoms. The van der Waals surface area contributed by atoms with Gasteiger partial charge in [-0.3, -0.25) is 5.11 Å². The Bertz CT molecular complexity index is 383. The van der Waals surface area contributed by atoms with Crippen LogP contribution in [-0.2, 0) is 5.11 Å². The molecule has 0 atom stereocenters. The number of benzene rings is 1. The largest absolute Gasteiger partial charge is 0.290 e. The fourth-order valence-electron chi connectivity index (χ4n) is 1.09. The highest BCUT2D eigenvalue weighted by Crippen LogP contribution is 2.18. The smallest absolute Gasteiger partial charge is 0.178 e. The molecular formula is C10H7N2O. The summed E-state index contributed by atoms with van der Waals surface area (Å²) in [6.07, 6.45) is 3.16. The van der Waals surface area contributed by atoms with E-state index in [2.05, 4.69) is 9.97 Å². The zero-order chi connectivity index (χ0) is 9.10. The summed E-state index contributed by atoms with van der Waals surface area (Å²) in [4.78, 5) is 7.88. The molecule has 2 aromatic rings. The van der Waals surface area contributed by atoms with Crippen LogP contribution in [0.5, 0.6) is 5.75 Å². The van der Waals surface area contributed by atoms with Crippen LogP contribution in [0.25, 0.3) is 11.3 Å². The summed E-state index contributed by atoms with van der Waals surface area (Å²) in [6.45, 7) is 0. The van der Waals surface area contributed by atoms with E-state index in [-0.39, 0.29) is 5.75 Å². The lowest BCUT2D eigenvalue weighted by Crippen LogP contribution is -1.82. The molecule has 0 N–H and O–H groups in total. The molecule has 0 aliphatic rings. The lowest BCUT2D eigenvalue weighted by molar-refractivity contribution is 0.355. The summed E-state index contributed by atoms with van der Waals surface area (Å²) in [5.74, 6) is 0.0119. The van der Waals surface area contributed by atoms with Gasteiger partial charge in [-0.2, -0.15) is 0 Å². The minimum atomic E-state index is 0.0119. The molecule has 1 aromatic carbocycles. The third-order valence-electron chi connectivity index (χ3n) is 1.73. The predicted octanol–water partition coefficient (Wildman–Crippen LogP) is 2.29. The fraction of sp³-hybridized carbons (Fsp3) is 0. The molecule has 0 saturated heterocycles. The van der Waals surface area contributed by atoms with Crippen LogP contribution < -0.4 is 0 Å². The van der Waals surface area contributed by atoms with E-state index in [9.17, 15) is 5.11 Å². The third kappa shape index (κ3) is 1.64. The first kappa shape index (κ1) is 7.73. The van der Waals surface area contributed by atoms with Crippen molar-refractivity contribution in [3.8, 4) is 17.0 Å². The Morgan fingerprint density at radius 3 is 2.38 bits per heavy atom. The molecule has 1 heterocycles. The Labute approximate surface area is 75.7 Å². The van der Waals surface area contributed by atoms with Crippen LogP contribution in [0, 0.1) is 0 Å². The van der Waals surface area contributed by atoms with Crippen LogP contribution in [-0.4, -0.2) is 9.97 Å². The first-order valence-electron chi connectivity index (χ1n) is 3.90. The molecule has 0 unspecified atom stereocenters. The van der Waals surface area contributed by atoms with Crippen molar-refractivity contribution in [2.75, 3.05) is 0 Å². The Morgan fingerprint density at radius 2 is 1.77 bits per heavy atom. The Hall–Kier alpha value is -1.90. The van der Waals surface area contributed by atoms with E-state index in [1.807, 2.05) is 0 Å². The quantitative estimate of drug-likeness (QED) is 0.660. The van der Waals surface area contributed by atoms with Crippen molar-refractivity contribution in [3.05, 3.63) is 42.9 Å². The van der Waals surface area contributed by atoms with Gasteiger partial charge in [-0.1, -0.05) is 0 Å². The lowest BCUT2D eigenvalue weighted by Gasteiger charge is -1.97. The van der Waals surface area contributed by atoms with Gasteiger partial charge in [0, 0.05) is 11.8 Å². The summed E-state index contributed by atoms with van der Waals surface area (Å²) in [7, 11) is 0. The summed E-state index contributed by atoms with van der Waals surface area (Å²) in [5.41, 5.74) is 1.76. The van der Waals surface area contributed by atoms with Crippen molar-refractivity contribution in [3.63, 3.8) is 0 Å².